The highest BCUT2D eigenvalue weighted by atomic mass is 32.2. The van der Waals surface area contributed by atoms with E-state index < -0.39 is 21.0 Å². The Morgan fingerprint density at radius 1 is 1.33 bits per heavy atom. The lowest BCUT2D eigenvalue weighted by Crippen LogP contribution is -2.48. The van der Waals surface area contributed by atoms with Crippen molar-refractivity contribution in [2.75, 3.05) is 39.1 Å². The van der Waals surface area contributed by atoms with Crippen molar-refractivity contribution in [3.8, 4) is 0 Å². The van der Waals surface area contributed by atoms with Gasteiger partial charge in [0.05, 0.1) is 13.2 Å². The van der Waals surface area contributed by atoms with Crippen molar-refractivity contribution < 1.29 is 17.9 Å². The van der Waals surface area contributed by atoms with Gasteiger partial charge in [0, 0.05) is 31.9 Å². The van der Waals surface area contributed by atoms with Crippen LogP contribution in [0.3, 0.4) is 0 Å². The Morgan fingerprint density at radius 2 is 1.89 bits per heavy atom. The molecule has 2 atom stereocenters. The molecule has 0 spiro atoms. The molecule has 7 heteroatoms. The number of ether oxygens (including phenoxy) is 1. The fourth-order valence-corrected chi connectivity index (χ4v) is 2.23. The summed E-state index contributed by atoms with van der Waals surface area (Å²) < 4.78 is 27.7. The Kier molecular flexibility index (Phi) is 5.55. The third-order valence-corrected chi connectivity index (χ3v) is 4.53. The van der Waals surface area contributed by atoms with Gasteiger partial charge in [-0.05, 0) is 13.8 Å². The van der Waals surface area contributed by atoms with Crippen LogP contribution in [0.2, 0.25) is 0 Å². The van der Waals surface area contributed by atoms with E-state index in [0.29, 0.717) is 19.8 Å². The zero-order valence-electron chi connectivity index (χ0n) is 11.2. The van der Waals surface area contributed by atoms with Crippen LogP contribution >= 0.6 is 0 Å². The molecule has 1 saturated heterocycles. The third-order valence-electron chi connectivity index (χ3n) is 3.04. The summed E-state index contributed by atoms with van der Waals surface area (Å²) in [7, 11) is -3.33. The minimum Gasteiger partial charge on any atom is -0.379 e. The second kappa shape index (κ2) is 6.49. The molecular weight excluding hydrogens is 256 g/mol. The van der Waals surface area contributed by atoms with Crippen LogP contribution < -0.4 is 5.32 Å². The molecular formula is C11H22N2O4S. The second-order valence-corrected chi connectivity index (χ2v) is 7.16. The molecule has 0 bridgehead atoms. The van der Waals surface area contributed by atoms with Gasteiger partial charge in [-0.3, -0.25) is 9.69 Å². The number of carbonyl (C=O) groups excluding carboxylic acids is 1. The maximum atomic E-state index is 11.7. The monoisotopic (exact) mass is 278 g/mol. The molecule has 1 N–H and O–H groups in total. The summed E-state index contributed by atoms with van der Waals surface area (Å²) in [5.41, 5.74) is 0. The molecule has 0 aromatic carbocycles. The summed E-state index contributed by atoms with van der Waals surface area (Å²) in [6, 6.07) is -0.0696. The predicted molar refractivity (Wildman–Crippen MR) is 69.2 cm³/mol. The molecule has 1 rings (SSSR count). The van der Waals surface area contributed by atoms with Crippen LogP contribution in [-0.2, 0) is 19.4 Å². The van der Waals surface area contributed by atoms with Crippen LogP contribution in [0.15, 0.2) is 0 Å². The van der Waals surface area contributed by atoms with Crippen molar-refractivity contribution in [3.63, 3.8) is 0 Å². The summed E-state index contributed by atoms with van der Waals surface area (Å²) in [5, 5.41) is 1.74. The topological polar surface area (TPSA) is 75.7 Å². The van der Waals surface area contributed by atoms with Crippen LogP contribution in [0, 0.1) is 0 Å². The van der Waals surface area contributed by atoms with E-state index in [1.807, 2.05) is 6.92 Å². The molecule has 0 unspecified atom stereocenters. The average Bonchev–Trinajstić information content (AvgIpc) is 2.27. The minimum absolute atomic E-state index is 0.0696. The second-order valence-electron chi connectivity index (χ2n) is 4.79. The minimum atomic E-state index is -3.33. The maximum absolute atomic E-state index is 11.7. The van der Waals surface area contributed by atoms with Crippen molar-refractivity contribution in [3.05, 3.63) is 0 Å². The Morgan fingerprint density at radius 3 is 2.39 bits per heavy atom. The zero-order valence-corrected chi connectivity index (χ0v) is 12.0. The van der Waals surface area contributed by atoms with Crippen LogP contribution in [0.1, 0.15) is 13.8 Å². The lowest BCUT2D eigenvalue weighted by atomic mass is 10.2. The maximum Gasteiger partial charge on any atom is 0.238 e. The van der Waals surface area contributed by atoms with Crippen molar-refractivity contribution >= 4 is 15.7 Å². The van der Waals surface area contributed by atoms with Gasteiger partial charge >= 0.3 is 0 Å². The van der Waals surface area contributed by atoms with Gasteiger partial charge in [-0.25, -0.2) is 8.42 Å². The molecule has 1 amide bonds. The normalized spacial score (nSPS) is 21.3. The molecule has 1 aliphatic heterocycles. The summed E-state index contributed by atoms with van der Waals surface area (Å²) in [4.78, 5) is 13.9. The standard InChI is InChI=1S/C11H22N2O4S/c1-9(8-13-4-6-17-7-5-13)12-11(14)10(2)18(3,15)16/h9-10H,4-8H2,1-3H3,(H,12,14)/t9-,10+/m0/s1. The summed E-state index contributed by atoms with van der Waals surface area (Å²) in [6.07, 6.45) is 1.07. The van der Waals surface area contributed by atoms with E-state index >= 15 is 0 Å². The Bertz CT molecular complexity index is 377. The molecule has 0 radical (unpaired) electrons. The number of amides is 1. The van der Waals surface area contributed by atoms with E-state index in [2.05, 4.69) is 10.2 Å². The van der Waals surface area contributed by atoms with Gasteiger partial charge in [0.15, 0.2) is 9.84 Å². The third kappa shape index (κ3) is 4.91. The molecule has 1 fully saturated rings. The number of nitrogens with one attached hydrogen (secondary N) is 1. The van der Waals surface area contributed by atoms with E-state index in [0.717, 1.165) is 19.3 Å². The van der Waals surface area contributed by atoms with E-state index in [1.165, 1.54) is 6.92 Å². The van der Waals surface area contributed by atoms with Gasteiger partial charge in [-0.1, -0.05) is 0 Å². The fourth-order valence-electron chi connectivity index (χ4n) is 1.77. The smallest absolute Gasteiger partial charge is 0.238 e. The van der Waals surface area contributed by atoms with Gasteiger partial charge in [0.1, 0.15) is 5.25 Å². The Labute approximate surface area is 109 Å². The molecule has 106 valence electrons. The lowest BCUT2D eigenvalue weighted by Gasteiger charge is -2.29. The molecule has 0 aromatic rings. The average molecular weight is 278 g/mol. The molecule has 0 saturated carbocycles. The fraction of sp³-hybridized carbons (Fsp3) is 0.909. The summed E-state index contributed by atoms with van der Waals surface area (Å²) in [6.45, 7) is 7.12. The highest BCUT2D eigenvalue weighted by molar-refractivity contribution is 7.92. The highest BCUT2D eigenvalue weighted by Gasteiger charge is 2.25. The quantitative estimate of drug-likeness (QED) is 0.716. The first-order chi connectivity index (χ1) is 8.30. The van der Waals surface area contributed by atoms with Crippen LogP contribution in [0.5, 0.6) is 0 Å². The number of hydrogen-bond acceptors (Lipinski definition) is 5. The van der Waals surface area contributed by atoms with Gasteiger partial charge in [0.25, 0.3) is 0 Å². The first-order valence-electron chi connectivity index (χ1n) is 6.10. The van der Waals surface area contributed by atoms with Gasteiger partial charge in [0.2, 0.25) is 5.91 Å². The molecule has 1 heterocycles. The first kappa shape index (κ1) is 15.4. The van der Waals surface area contributed by atoms with Crippen molar-refractivity contribution in [1.29, 1.82) is 0 Å². The van der Waals surface area contributed by atoms with E-state index in [1.54, 1.807) is 0 Å². The van der Waals surface area contributed by atoms with E-state index in [9.17, 15) is 13.2 Å². The van der Waals surface area contributed by atoms with Gasteiger partial charge in [-0.2, -0.15) is 0 Å². The van der Waals surface area contributed by atoms with E-state index in [-0.39, 0.29) is 6.04 Å². The van der Waals surface area contributed by atoms with Crippen LogP contribution in [-0.4, -0.2) is 69.6 Å². The molecule has 1 aliphatic rings. The Hall–Kier alpha value is -0.660. The van der Waals surface area contributed by atoms with Crippen molar-refractivity contribution in [2.24, 2.45) is 0 Å². The Balaban J connectivity index is 2.39. The van der Waals surface area contributed by atoms with E-state index in [4.69, 9.17) is 4.74 Å². The first-order valence-corrected chi connectivity index (χ1v) is 8.05. The summed E-state index contributed by atoms with van der Waals surface area (Å²) in [5.74, 6) is -0.432. The highest BCUT2D eigenvalue weighted by Crippen LogP contribution is 2.01. The largest absolute Gasteiger partial charge is 0.379 e. The number of rotatable bonds is 5. The zero-order chi connectivity index (χ0) is 13.8. The molecule has 0 aromatic heterocycles. The molecule has 18 heavy (non-hydrogen) atoms. The SMILES string of the molecule is C[C@H](C(=O)N[C@@H](C)CN1CCOCC1)S(C)(=O)=O. The van der Waals surface area contributed by atoms with Crippen molar-refractivity contribution in [2.45, 2.75) is 25.1 Å². The van der Waals surface area contributed by atoms with Crippen molar-refractivity contribution in [1.82, 2.24) is 10.2 Å². The number of hydrogen-bond donors (Lipinski definition) is 1. The van der Waals surface area contributed by atoms with Crippen LogP contribution in [0.4, 0.5) is 0 Å². The van der Waals surface area contributed by atoms with Gasteiger partial charge < -0.3 is 10.1 Å². The number of carbonyl (C=O) groups is 1. The number of morpholine rings is 1. The molecule has 6 nitrogen and oxygen atoms in total. The number of nitrogens with zero attached hydrogens (tertiary/aromatic N) is 1. The lowest BCUT2D eigenvalue weighted by molar-refractivity contribution is -0.121. The predicted octanol–water partition coefficient (Wildman–Crippen LogP) is -0.744. The molecule has 0 aliphatic carbocycles. The summed E-state index contributed by atoms with van der Waals surface area (Å²) >= 11 is 0. The number of sulfone groups is 1. The van der Waals surface area contributed by atoms with Crippen LogP contribution in [0.25, 0.3) is 0 Å². The van der Waals surface area contributed by atoms with Gasteiger partial charge in [-0.15, -0.1) is 0 Å².